The minimum Gasteiger partial charge on any atom is -0.379 e. The van der Waals surface area contributed by atoms with Gasteiger partial charge in [-0.2, -0.15) is 0 Å². The summed E-state index contributed by atoms with van der Waals surface area (Å²) in [5, 5.41) is 0.681. The highest BCUT2D eigenvalue weighted by atomic mass is 35.5. The molecular weight excluding hydrogens is 376 g/mol. The highest BCUT2D eigenvalue weighted by Crippen LogP contribution is 2.32. The molecule has 0 N–H and O–H groups in total. The first-order valence-corrected chi connectivity index (χ1v) is 10.2. The number of ether oxygens (including phenoxy) is 1. The molecule has 2 aliphatic heterocycles. The molecule has 2 aromatic rings. The fourth-order valence-electron chi connectivity index (χ4n) is 3.98. The van der Waals surface area contributed by atoms with Gasteiger partial charge in [-0.1, -0.05) is 23.7 Å². The molecule has 1 atom stereocenters. The van der Waals surface area contributed by atoms with Gasteiger partial charge in [0.2, 0.25) is 5.91 Å². The average molecular weight is 401 g/mol. The van der Waals surface area contributed by atoms with Gasteiger partial charge < -0.3 is 9.64 Å². The standard InChI is InChI=1S/C21H25ClN4O2/c22-18-5-1-3-16(13-18)20-21(24-7-6-23-20)17-4-2-8-26(14-17)19(27)15-25-9-11-28-12-10-25/h1,3,5-7,13,17H,2,4,8-12,14-15H2/t17-/m1/s1. The minimum absolute atomic E-state index is 0.185. The second-order valence-corrected chi connectivity index (χ2v) is 7.80. The van der Waals surface area contributed by atoms with Crippen molar-refractivity contribution in [2.45, 2.75) is 18.8 Å². The fourth-order valence-corrected chi connectivity index (χ4v) is 4.17. The number of rotatable bonds is 4. The van der Waals surface area contributed by atoms with Crippen LogP contribution in [0.5, 0.6) is 0 Å². The van der Waals surface area contributed by atoms with E-state index >= 15 is 0 Å². The molecule has 1 amide bonds. The number of hydrogen-bond donors (Lipinski definition) is 0. The highest BCUT2D eigenvalue weighted by Gasteiger charge is 2.29. The summed E-state index contributed by atoms with van der Waals surface area (Å²) in [6, 6.07) is 7.70. The van der Waals surface area contributed by atoms with Crippen molar-refractivity contribution in [1.82, 2.24) is 19.8 Å². The monoisotopic (exact) mass is 400 g/mol. The quantitative estimate of drug-likeness (QED) is 0.789. The number of likely N-dealkylation sites (tertiary alicyclic amines) is 1. The third-order valence-electron chi connectivity index (χ3n) is 5.45. The lowest BCUT2D eigenvalue weighted by Gasteiger charge is -2.35. The Labute approximate surface area is 170 Å². The van der Waals surface area contributed by atoms with Crippen molar-refractivity contribution in [2.75, 3.05) is 45.9 Å². The van der Waals surface area contributed by atoms with E-state index in [-0.39, 0.29) is 11.8 Å². The normalized spacial score (nSPS) is 20.9. The number of benzene rings is 1. The van der Waals surface area contributed by atoms with Gasteiger partial charge in [-0.3, -0.25) is 19.7 Å². The predicted molar refractivity (Wildman–Crippen MR) is 108 cm³/mol. The molecule has 0 radical (unpaired) electrons. The molecule has 2 saturated heterocycles. The largest absolute Gasteiger partial charge is 0.379 e. The van der Waals surface area contributed by atoms with E-state index in [1.165, 1.54) is 0 Å². The van der Waals surface area contributed by atoms with Crippen LogP contribution in [0.1, 0.15) is 24.5 Å². The van der Waals surface area contributed by atoms with Gasteiger partial charge in [-0.15, -0.1) is 0 Å². The molecule has 2 aliphatic rings. The number of carbonyl (C=O) groups excluding carboxylic acids is 1. The molecule has 0 saturated carbocycles. The summed E-state index contributed by atoms with van der Waals surface area (Å²) in [5.41, 5.74) is 2.78. The maximum atomic E-state index is 12.8. The Morgan fingerprint density at radius 3 is 2.82 bits per heavy atom. The van der Waals surface area contributed by atoms with E-state index in [0.29, 0.717) is 31.3 Å². The van der Waals surface area contributed by atoms with E-state index in [9.17, 15) is 4.79 Å². The zero-order valence-electron chi connectivity index (χ0n) is 15.9. The average Bonchev–Trinajstić information content (AvgIpc) is 2.74. The van der Waals surface area contributed by atoms with Crippen LogP contribution in [0.15, 0.2) is 36.7 Å². The van der Waals surface area contributed by atoms with Crippen LogP contribution in [0.4, 0.5) is 0 Å². The Morgan fingerprint density at radius 1 is 1.18 bits per heavy atom. The lowest BCUT2D eigenvalue weighted by Crippen LogP contribution is -2.47. The van der Waals surface area contributed by atoms with Crippen LogP contribution < -0.4 is 0 Å². The molecule has 0 bridgehead atoms. The lowest BCUT2D eigenvalue weighted by atomic mass is 9.91. The van der Waals surface area contributed by atoms with Gasteiger partial charge in [0.1, 0.15) is 0 Å². The highest BCUT2D eigenvalue weighted by molar-refractivity contribution is 6.30. The molecule has 1 aromatic carbocycles. The zero-order valence-corrected chi connectivity index (χ0v) is 16.6. The molecule has 7 heteroatoms. The maximum absolute atomic E-state index is 12.8. The van der Waals surface area contributed by atoms with Crippen LogP contribution in [0, 0.1) is 0 Å². The van der Waals surface area contributed by atoms with Gasteiger partial charge in [0, 0.05) is 55.1 Å². The number of piperidine rings is 1. The predicted octanol–water partition coefficient (Wildman–Crippen LogP) is 2.84. The Morgan fingerprint density at radius 2 is 2.00 bits per heavy atom. The van der Waals surface area contributed by atoms with Crippen molar-refractivity contribution < 1.29 is 9.53 Å². The molecule has 0 unspecified atom stereocenters. The molecule has 148 valence electrons. The van der Waals surface area contributed by atoms with E-state index in [1.807, 2.05) is 29.2 Å². The van der Waals surface area contributed by atoms with Crippen LogP contribution in [0.3, 0.4) is 0 Å². The molecule has 4 rings (SSSR count). The van der Waals surface area contributed by atoms with Gasteiger partial charge in [0.15, 0.2) is 0 Å². The van der Waals surface area contributed by atoms with Crippen LogP contribution >= 0.6 is 11.6 Å². The van der Waals surface area contributed by atoms with E-state index in [1.54, 1.807) is 12.4 Å². The summed E-state index contributed by atoms with van der Waals surface area (Å²) in [6.07, 6.45) is 5.43. The van der Waals surface area contributed by atoms with Crippen LogP contribution in [-0.4, -0.2) is 71.6 Å². The molecular formula is C21H25ClN4O2. The number of nitrogens with zero attached hydrogens (tertiary/aromatic N) is 4. The lowest BCUT2D eigenvalue weighted by molar-refractivity contribution is -0.134. The SMILES string of the molecule is O=C(CN1CCOCC1)N1CCC[C@@H](c2nccnc2-c2cccc(Cl)c2)C1. The first kappa shape index (κ1) is 19.3. The first-order chi connectivity index (χ1) is 13.7. The van der Waals surface area contributed by atoms with Crippen LogP contribution in [0.25, 0.3) is 11.3 Å². The van der Waals surface area contributed by atoms with Crippen molar-refractivity contribution in [1.29, 1.82) is 0 Å². The van der Waals surface area contributed by atoms with Gasteiger partial charge >= 0.3 is 0 Å². The van der Waals surface area contributed by atoms with E-state index in [2.05, 4.69) is 14.9 Å². The molecule has 28 heavy (non-hydrogen) atoms. The van der Waals surface area contributed by atoms with Crippen LogP contribution in [-0.2, 0) is 9.53 Å². The number of amides is 1. The molecule has 0 spiro atoms. The number of carbonyl (C=O) groups is 1. The second kappa shape index (κ2) is 8.99. The summed E-state index contributed by atoms with van der Waals surface area (Å²) in [6.45, 7) is 5.04. The molecule has 1 aromatic heterocycles. The Hall–Kier alpha value is -2.02. The number of hydrogen-bond acceptors (Lipinski definition) is 5. The van der Waals surface area contributed by atoms with Gasteiger partial charge in [-0.25, -0.2) is 0 Å². The first-order valence-electron chi connectivity index (χ1n) is 9.85. The third kappa shape index (κ3) is 4.51. The van der Waals surface area contributed by atoms with Gasteiger partial charge in [-0.05, 0) is 25.0 Å². The summed E-state index contributed by atoms with van der Waals surface area (Å²) in [4.78, 5) is 26.2. The van der Waals surface area contributed by atoms with E-state index < -0.39 is 0 Å². The Balaban J connectivity index is 1.50. The molecule has 6 nitrogen and oxygen atoms in total. The minimum atomic E-state index is 0.185. The third-order valence-corrected chi connectivity index (χ3v) is 5.68. The van der Waals surface area contributed by atoms with Gasteiger partial charge in [0.05, 0.1) is 31.1 Å². The summed E-state index contributed by atoms with van der Waals surface area (Å²) in [7, 11) is 0. The number of aromatic nitrogens is 2. The summed E-state index contributed by atoms with van der Waals surface area (Å²) >= 11 is 6.18. The van der Waals surface area contributed by atoms with Crippen molar-refractivity contribution >= 4 is 17.5 Å². The second-order valence-electron chi connectivity index (χ2n) is 7.37. The molecule has 2 fully saturated rings. The fraction of sp³-hybridized carbons (Fsp3) is 0.476. The van der Waals surface area contributed by atoms with Crippen LogP contribution in [0.2, 0.25) is 5.02 Å². The van der Waals surface area contributed by atoms with E-state index in [4.69, 9.17) is 16.3 Å². The number of morpholine rings is 1. The van der Waals surface area contributed by atoms with E-state index in [0.717, 1.165) is 49.4 Å². The van der Waals surface area contributed by atoms with Crippen molar-refractivity contribution in [3.05, 3.63) is 47.4 Å². The summed E-state index contributed by atoms with van der Waals surface area (Å²) < 4.78 is 5.37. The molecule has 3 heterocycles. The Kier molecular flexibility index (Phi) is 6.20. The smallest absolute Gasteiger partial charge is 0.236 e. The summed E-state index contributed by atoms with van der Waals surface area (Å²) in [5.74, 6) is 0.380. The van der Waals surface area contributed by atoms with Gasteiger partial charge in [0.25, 0.3) is 0 Å². The van der Waals surface area contributed by atoms with Crippen molar-refractivity contribution in [2.24, 2.45) is 0 Å². The maximum Gasteiger partial charge on any atom is 0.236 e. The number of halogens is 1. The molecule has 0 aliphatic carbocycles. The Bertz CT molecular complexity index is 826. The van der Waals surface area contributed by atoms with Crippen molar-refractivity contribution in [3.8, 4) is 11.3 Å². The van der Waals surface area contributed by atoms with Crippen molar-refractivity contribution in [3.63, 3.8) is 0 Å². The topological polar surface area (TPSA) is 58.6 Å². The zero-order chi connectivity index (χ0) is 19.3.